The lowest BCUT2D eigenvalue weighted by atomic mass is 9.87. The summed E-state index contributed by atoms with van der Waals surface area (Å²) < 4.78 is 40.3. The number of nitrogens with zero attached hydrogens (tertiary/aromatic N) is 1. The predicted octanol–water partition coefficient (Wildman–Crippen LogP) is 2.34. The van der Waals surface area contributed by atoms with Gasteiger partial charge >= 0.3 is 0 Å². The van der Waals surface area contributed by atoms with Crippen LogP contribution in [0.15, 0.2) is 23.1 Å². The van der Waals surface area contributed by atoms with E-state index in [0.29, 0.717) is 30.5 Å². The smallest absolute Gasteiger partial charge is 0.243 e. The van der Waals surface area contributed by atoms with Crippen molar-refractivity contribution in [1.82, 2.24) is 4.31 Å². The molecule has 0 bridgehead atoms. The summed E-state index contributed by atoms with van der Waals surface area (Å²) in [6.07, 6.45) is 1.70. The van der Waals surface area contributed by atoms with Crippen LogP contribution in [0.25, 0.3) is 0 Å². The monoisotopic (exact) mass is 314 g/mol. The van der Waals surface area contributed by atoms with Crippen LogP contribution in [-0.2, 0) is 16.6 Å². The first-order valence-corrected chi connectivity index (χ1v) is 8.79. The van der Waals surface area contributed by atoms with Crippen molar-refractivity contribution in [2.45, 2.75) is 38.1 Å². The SMILES string of the molecule is CC(C)C1CCN(S(=O)(=O)c2cc(F)ccc2CN)CC1. The van der Waals surface area contributed by atoms with E-state index in [0.717, 1.165) is 18.9 Å². The Labute approximate surface area is 126 Å². The van der Waals surface area contributed by atoms with Gasteiger partial charge < -0.3 is 5.73 Å². The summed E-state index contributed by atoms with van der Waals surface area (Å²) in [6, 6.07) is 3.77. The second-order valence-electron chi connectivity index (χ2n) is 5.94. The summed E-state index contributed by atoms with van der Waals surface area (Å²) in [4.78, 5) is 0.00740. The molecule has 0 spiro atoms. The lowest BCUT2D eigenvalue weighted by Gasteiger charge is -2.33. The fourth-order valence-electron chi connectivity index (χ4n) is 2.86. The summed E-state index contributed by atoms with van der Waals surface area (Å²) in [5.74, 6) is 0.560. The Kier molecular flexibility index (Phi) is 5.01. The molecule has 118 valence electrons. The van der Waals surface area contributed by atoms with Crippen molar-refractivity contribution in [3.63, 3.8) is 0 Å². The van der Waals surface area contributed by atoms with E-state index in [-0.39, 0.29) is 11.4 Å². The van der Waals surface area contributed by atoms with Crippen LogP contribution in [-0.4, -0.2) is 25.8 Å². The van der Waals surface area contributed by atoms with Gasteiger partial charge in [0.1, 0.15) is 5.82 Å². The minimum Gasteiger partial charge on any atom is -0.326 e. The van der Waals surface area contributed by atoms with Crippen molar-refractivity contribution < 1.29 is 12.8 Å². The highest BCUT2D eigenvalue weighted by atomic mass is 32.2. The summed E-state index contributed by atoms with van der Waals surface area (Å²) in [6.45, 7) is 5.39. The molecule has 0 saturated carbocycles. The van der Waals surface area contributed by atoms with E-state index in [9.17, 15) is 12.8 Å². The van der Waals surface area contributed by atoms with Gasteiger partial charge in [-0.2, -0.15) is 4.31 Å². The van der Waals surface area contributed by atoms with Crippen molar-refractivity contribution in [2.24, 2.45) is 17.6 Å². The van der Waals surface area contributed by atoms with Crippen molar-refractivity contribution in [3.8, 4) is 0 Å². The fraction of sp³-hybridized carbons (Fsp3) is 0.600. The molecule has 1 aromatic carbocycles. The van der Waals surface area contributed by atoms with Crippen LogP contribution in [0.4, 0.5) is 4.39 Å². The molecule has 0 amide bonds. The van der Waals surface area contributed by atoms with Crippen molar-refractivity contribution in [1.29, 1.82) is 0 Å². The first kappa shape index (κ1) is 16.4. The zero-order valence-electron chi connectivity index (χ0n) is 12.5. The van der Waals surface area contributed by atoms with E-state index < -0.39 is 15.8 Å². The first-order valence-electron chi connectivity index (χ1n) is 7.35. The van der Waals surface area contributed by atoms with Gasteiger partial charge in [-0.05, 0) is 42.4 Å². The summed E-state index contributed by atoms with van der Waals surface area (Å²) in [5.41, 5.74) is 6.04. The second kappa shape index (κ2) is 6.42. The van der Waals surface area contributed by atoms with Gasteiger partial charge in [-0.3, -0.25) is 0 Å². The van der Waals surface area contributed by atoms with Gasteiger partial charge in [0, 0.05) is 19.6 Å². The molecule has 0 aromatic heterocycles. The molecule has 0 atom stereocenters. The number of nitrogens with two attached hydrogens (primary N) is 1. The third-order valence-electron chi connectivity index (χ3n) is 4.31. The molecule has 1 aliphatic rings. The van der Waals surface area contributed by atoms with E-state index >= 15 is 0 Å². The zero-order chi connectivity index (χ0) is 15.6. The lowest BCUT2D eigenvalue weighted by Crippen LogP contribution is -2.39. The van der Waals surface area contributed by atoms with E-state index in [1.165, 1.54) is 16.4 Å². The molecule has 2 rings (SSSR count). The number of rotatable bonds is 4. The van der Waals surface area contributed by atoms with Crippen LogP contribution >= 0.6 is 0 Å². The Morgan fingerprint density at radius 1 is 1.33 bits per heavy atom. The number of piperidine rings is 1. The molecular formula is C15H23FN2O2S. The van der Waals surface area contributed by atoms with Crippen LogP contribution in [0.1, 0.15) is 32.3 Å². The number of hydrogen-bond acceptors (Lipinski definition) is 3. The molecule has 1 heterocycles. The molecule has 21 heavy (non-hydrogen) atoms. The number of sulfonamides is 1. The van der Waals surface area contributed by atoms with E-state index in [2.05, 4.69) is 13.8 Å². The minimum atomic E-state index is -3.66. The first-order chi connectivity index (χ1) is 9.86. The molecule has 0 unspecified atom stereocenters. The van der Waals surface area contributed by atoms with Gasteiger partial charge in [-0.15, -0.1) is 0 Å². The average Bonchev–Trinajstić information content (AvgIpc) is 2.47. The van der Waals surface area contributed by atoms with Gasteiger partial charge in [0.15, 0.2) is 0 Å². The van der Waals surface area contributed by atoms with E-state index in [1.54, 1.807) is 0 Å². The fourth-order valence-corrected chi connectivity index (χ4v) is 4.57. The van der Waals surface area contributed by atoms with Crippen LogP contribution in [0.3, 0.4) is 0 Å². The van der Waals surface area contributed by atoms with Crippen LogP contribution in [0.5, 0.6) is 0 Å². The molecule has 4 nitrogen and oxygen atoms in total. The highest BCUT2D eigenvalue weighted by molar-refractivity contribution is 7.89. The van der Waals surface area contributed by atoms with Gasteiger partial charge in [0.25, 0.3) is 0 Å². The number of halogens is 1. The summed E-state index contributed by atoms with van der Waals surface area (Å²) >= 11 is 0. The third-order valence-corrected chi connectivity index (χ3v) is 6.29. The topological polar surface area (TPSA) is 63.4 Å². The Bertz CT molecular complexity index is 594. The van der Waals surface area contributed by atoms with Gasteiger partial charge in [-0.25, -0.2) is 12.8 Å². The summed E-state index contributed by atoms with van der Waals surface area (Å²) in [7, 11) is -3.66. The maximum Gasteiger partial charge on any atom is 0.243 e. The Hall–Kier alpha value is -0.980. The maximum atomic E-state index is 13.4. The van der Waals surface area contributed by atoms with Crippen LogP contribution in [0.2, 0.25) is 0 Å². The van der Waals surface area contributed by atoms with Crippen molar-refractivity contribution >= 4 is 10.0 Å². The highest BCUT2D eigenvalue weighted by Gasteiger charge is 2.31. The minimum absolute atomic E-state index is 0.00740. The van der Waals surface area contributed by atoms with Crippen molar-refractivity contribution in [2.75, 3.05) is 13.1 Å². The third kappa shape index (κ3) is 3.44. The molecule has 1 fully saturated rings. The molecule has 1 aliphatic heterocycles. The quantitative estimate of drug-likeness (QED) is 0.928. The van der Waals surface area contributed by atoms with E-state index in [4.69, 9.17) is 5.73 Å². The van der Waals surface area contributed by atoms with Gasteiger partial charge in [-0.1, -0.05) is 19.9 Å². The average molecular weight is 314 g/mol. The molecule has 6 heteroatoms. The number of benzene rings is 1. The Morgan fingerprint density at radius 2 is 1.95 bits per heavy atom. The van der Waals surface area contributed by atoms with Gasteiger partial charge in [0.2, 0.25) is 10.0 Å². The van der Waals surface area contributed by atoms with E-state index in [1.807, 2.05) is 0 Å². The molecular weight excluding hydrogens is 291 g/mol. The zero-order valence-corrected chi connectivity index (χ0v) is 13.4. The van der Waals surface area contributed by atoms with Crippen LogP contribution < -0.4 is 5.73 Å². The predicted molar refractivity (Wildman–Crippen MR) is 80.6 cm³/mol. The Balaban J connectivity index is 2.25. The molecule has 0 aliphatic carbocycles. The molecule has 1 saturated heterocycles. The maximum absolute atomic E-state index is 13.4. The number of hydrogen-bond donors (Lipinski definition) is 1. The molecule has 0 radical (unpaired) electrons. The Morgan fingerprint density at radius 3 is 2.48 bits per heavy atom. The molecule has 1 aromatic rings. The van der Waals surface area contributed by atoms with Gasteiger partial charge in [0.05, 0.1) is 4.90 Å². The standard InChI is InChI=1S/C15H23FN2O2S/c1-11(2)12-5-7-18(8-6-12)21(19,20)15-9-14(16)4-3-13(15)10-17/h3-4,9,11-12H,5-8,10,17H2,1-2H3. The van der Waals surface area contributed by atoms with Crippen LogP contribution in [0, 0.1) is 17.7 Å². The normalized spacial score (nSPS) is 18.3. The molecule has 2 N–H and O–H groups in total. The lowest BCUT2D eigenvalue weighted by molar-refractivity contribution is 0.226. The largest absolute Gasteiger partial charge is 0.326 e. The second-order valence-corrected chi connectivity index (χ2v) is 7.85. The highest BCUT2D eigenvalue weighted by Crippen LogP contribution is 2.29. The van der Waals surface area contributed by atoms with Crippen molar-refractivity contribution in [3.05, 3.63) is 29.6 Å². The summed E-state index contributed by atoms with van der Waals surface area (Å²) in [5, 5.41) is 0.